The van der Waals surface area contributed by atoms with Gasteiger partial charge in [-0.3, -0.25) is 0 Å². The molecular formula is C17H22F3IN4OS. The second kappa shape index (κ2) is 11.3. The Morgan fingerprint density at radius 1 is 1.26 bits per heavy atom. The summed E-state index contributed by atoms with van der Waals surface area (Å²) in [5, 5.41) is 7.44. The first kappa shape index (κ1) is 23.5. The number of ether oxygens (including phenoxy) is 1. The lowest BCUT2D eigenvalue weighted by Gasteiger charge is -2.12. The molecule has 0 unspecified atom stereocenters. The molecule has 0 saturated heterocycles. The highest BCUT2D eigenvalue weighted by atomic mass is 127. The number of hydrogen-bond donors (Lipinski definition) is 2. The lowest BCUT2D eigenvalue weighted by atomic mass is 10.2. The van der Waals surface area contributed by atoms with Crippen molar-refractivity contribution >= 4 is 41.3 Å². The zero-order valence-electron chi connectivity index (χ0n) is 15.0. The van der Waals surface area contributed by atoms with E-state index >= 15 is 0 Å². The number of aromatic nitrogens is 1. The van der Waals surface area contributed by atoms with E-state index in [1.807, 2.05) is 38.1 Å². The second-order valence-corrected chi connectivity index (χ2v) is 6.30. The van der Waals surface area contributed by atoms with Gasteiger partial charge < -0.3 is 15.4 Å². The number of benzene rings is 1. The van der Waals surface area contributed by atoms with Crippen LogP contribution < -0.4 is 15.4 Å². The highest BCUT2D eigenvalue weighted by Gasteiger charge is 2.33. The number of para-hydroxylation sites is 1. The molecular weight excluding hydrogens is 492 g/mol. The molecule has 0 atom stereocenters. The second-order valence-electron chi connectivity index (χ2n) is 5.36. The molecule has 0 aliphatic rings. The molecule has 2 aromatic rings. The molecule has 0 radical (unpaired) electrons. The molecule has 2 N–H and O–H groups in total. The summed E-state index contributed by atoms with van der Waals surface area (Å²) in [5.74, 6) is 1.32. The fourth-order valence-corrected chi connectivity index (χ4v) is 2.78. The third-order valence-corrected chi connectivity index (χ3v) is 4.14. The Balaban J connectivity index is 0.00000364. The van der Waals surface area contributed by atoms with E-state index in [1.54, 1.807) is 0 Å². The summed E-state index contributed by atoms with van der Waals surface area (Å²) >= 11 is 0.945. The van der Waals surface area contributed by atoms with Crippen molar-refractivity contribution < 1.29 is 17.9 Å². The number of aliphatic imine (C=N–C) groups is 1. The number of nitrogens with one attached hydrogen (secondary N) is 2. The third-order valence-electron chi connectivity index (χ3n) is 3.30. The standard InChI is InChI=1S/C17H21F3N4OS.HI/c1-3-21-16(22-8-9-25-13-7-5-4-6-12(13)2)23-10-15-24-14(11-26-15)17(18,19)20;/h4-7,11H,3,8-10H2,1-2H3,(H2,21,22,23);1H. The Morgan fingerprint density at radius 2 is 2.00 bits per heavy atom. The number of thiazole rings is 1. The van der Waals surface area contributed by atoms with Crippen molar-refractivity contribution in [2.24, 2.45) is 4.99 Å². The van der Waals surface area contributed by atoms with Crippen molar-refractivity contribution in [1.29, 1.82) is 0 Å². The Kier molecular flexibility index (Phi) is 9.84. The molecule has 5 nitrogen and oxygen atoms in total. The molecule has 2 rings (SSSR count). The Bertz CT molecular complexity index is 737. The van der Waals surface area contributed by atoms with Crippen molar-refractivity contribution in [3.05, 3.63) is 45.9 Å². The maximum atomic E-state index is 12.6. The van der Waals surface area contributed by atoms with Gasteiger partial charge in [0.15, 0.2) is 11.7 Å². The molecule has 0 spiro atoms. The third kappa shape index (κ3) is 7.91. The summed E-state index contributed by atoms with van der Waals surface area (Å²) < 4.78 is 43.4. The Labute approximate surface area is 177 Å². The van der Waals surface area contributed by atoms with Crippen LogP contribution in [0.2, 0.25) is 0 Å². The van der Waals surface area contributed by atoms with Crippen LogP contribution in [0, 0.1) is 6.92 Å². The van der Waals surface area contributed by atoms with Crippen LogP contribution in [0.5, 0.6) is 5.75 Å². The number of aryl methyl sites for hydroxylation is 1. The number of nitrogens with zero attached hydrogens (tertiary/aromatic N) is 2. The van der Waals surface area contributed by atoms with Crippen molar-refractivity contribution in [1.82, 2.24) is 15.6 Å². The molecule has 1 aromatic heterocycles. The van der Waals surface area contributed by atoms with Gasteiger partial charge in [-0.15, -0.1) is 35.3 Å². The molecule has 0 bridgehead atoms. The molecule has 0 saturated carbocycles. The van der Waals surface area contributed by atoms with E-state index < -0.39 is 11.9 Å². The van der Waals surface area contributed by atoms with E-state index in [2.05, 4.69) is 20.6 Å². The number of rotatable bonds is 7. The van der Waals surface area contributed by atoms with E-state index in [9.17, 15) is 13.2 Å². The smallest absolute Gasteiger partial charge is 0.434 e. The normalized spacial score (nSPS) is 11.7. The lowest BCUT2D eigenvalue weighted by molar-refractivity contribution is -0.140. The van der Waals surface area contributed by atoms with E-state index in [-0.39, 0.29) is 30.5 Å². The first-order valence-corrected chi connectivity index (χ1v) is 9.00. The summed E-state index contributed by atoms with van der Waals surface area (Å²) in [6.45, 7) is 5.53. The van der Waals surface area contributed by atoms with Gasteiger partial charge in [-0.25, -0.2) is 9.98 Å². The van der Waals surface area contributed by atoms with Crippen LogP contribution in [0.15, 0.2) is 34.6 Å². The van der Waals surface area contributed by atoms with E-state index in [4.69, 9.17) is 4.74 Å². The van der Waals surface area contributed by atoms with Gasteiger partial charge in [0.2, 0.25) is 0 Å². The largest absolute Gasteiger partial charge is 0.491 e. The van der Waals surface area contributed by atoms with Crippen molar-refractivity contribution in [3.8, 4) is 5.75 Å². The van der Waals surface area contributed by atoms with Crippen LogP contribution in [0.4, 0.5) is 13.2 Å². The number of halogens is 4. The predicted octanol–water partition coefficient (Wildman–Crippen LogP) is 4.22. The first-order valence-electron chi connectivity index (χ1n) is 8.12. The molecule has 1 aromatic carbocycles. The fraction of sp³-hybridized carbons (Fsp3) is 0.412. The van der Waals surface area contributed by atoms with Crippen LogP contribution in [-0.4, -0.2) is 30.6 Å². The fourth-order valence-electron chi connectivity index (χ4n) is 2.05. The maximum absolute atomic E-state index is 12.6. The van der Waals surface area contributed by atoms with Crippen molar-refractivity contribution in [3.63, 3.8) is 0 Å². The quantitative estimate of drug-likeness (QED) is 0.252. The SMILES string of the molecule is CCNC(=NCc1nc(C(F)(F)F)cs1)NCCOc1ccccc1C.I. The highest BCUT2D eigenvalue weighted by Crippen LogP contribution is 2.30. The summed E-state index contributed by atoms with van der Waals surface area (Å²) in [7, 11) is 0. The van der Waals surface area contributed by atoms with Gasteiger partial charge in [0.05, 0.1) is 13.1 Å². The van der Waals surface area contributed by atoms with Gasteiger partial charge in [-0.2, -0.15) is 13.2 Å². The molecule has 0 amide bonds. The zero-order valence-corrected chi connectivity index (χ0v) is 18.1. The van der Waals surface area contributed by atoms with Gasteiger partial charge in [-0.1, -0.05) is 18.2 Å². The summed E-state index contributed by atoms with van der Waals surface area (Å²) in [6.07, 6.45) is -4.42. The van der Waals surface area contributed by atoms with Gasteiger partial charge in [0.1, 0.15) is 17.4 Å². The topological polar surface area (TPSA) is 58.5 Å². The Morgan fingerprint density at radius 3 is 2.63 bits per heavy atom. The minimum Gasteiger partial charge on any atom is -0.491 e. The summed E-state index contributed by atoms with van der Waals surface area (Å²) in [4.78, 5) is 7.83. The van der Waals surface area contributed by atoms with Gasteiger partial charge in [0, 0.05) is 11.9 Å². The van der Waals surface area contributed by atoms with Crippen LogP contribution in [-0.2, 0) is 12.7 Å². The van der Waals surface area contributed by atoms with E-state index in [0.717, 1.165) is 28.0 Å². The van der Waals surface area contributed by atoms with E-state index in [1.165, 1.54) is 0 Å². The van der Waals surface area contributed by atoms with Crippen LogP contribution in [0.1, 0.15) is 23.2 Å². The van der Waals surface area contributed by atoms with Gasteiger partial charge >= 0.3 is 6.18 Å². The zero-order chi connectivity index (χ0) is 19.0. The summed E-state index contributed by atoms with van der Waals surface area (Å²) in [6, 6.07) is 7.72. The number of guanidine groups is 1. The van der Waals surface area contributed by atoms with Crippen molar-refractivity contribution in [2.75, 3.05) is 19.7 Å². The molecule has 27 heavy (non-hydrogen) atoms. The van der Waals surface area contributed by atoms with Crippen LogP contribution in [0.3, 0.4) is 0 Å². The average molecular weight is 514 g/mol. The Hall–Kier alpha value is -1.56. The van der Waals surface area contributed by atoms with Crippen LogP contribution >= 0.6 is 35.3 Å². The van der Waals surface area contributed by atoms with Gasteiger partial charge in [-0.05, 0) is 25.5 Å². The molecule has 1 heterocycles. The average Bonchev–Trinajstić information content (AvgIpc) is 3.07. The minimum atomic E-state index is -4.42. The predicted molar refractivity (Wildman–Crippen MR) is 112 cm³/mol. The van der Waals surface area contributed by atoms with Crippen LogP contribution in [0.25, 0.3) is 0 Å². The first-order chi connectivity index (χ1) is 12.4. The lowest BCUT2D eigenvalue weighted by Crippen LogP contribution is -2.39. The van der Waals surface area contributed by atoms with Gasteiger partial charge in [0.25, 0.3) is 0 Å². The maximum Gasteiger partial charge on any atom is 0.434 e. The minimum absolute atomic E-state index is 0. The number of alkyl halides is 3. The molecule has 0 fully saturated rings. The monoisotopic (exact) mass is 514 g/mol. The highest BCUT2D eigenvalue weighted by molar-refractivity contribution is 14.0. The molecule has 0 aliphatic carbocycles. The number of hydrogen-bond acceptors (Lipinski definition) is 4. The van der Waals surface area contributed by atoms with E-state index in [0.29, 0.717) is 30.7 Å². The molecule has 10 heteroatoms. The summed E-state index contributed by atoms with van der Waals surface area (Å²) in [5.41, 5.74) is 0.176. The molecule has 0 aliphatic heterocycles. The van der Waals surface area contributed by atoms with Crippen molar-refractivity contribution in [2.45, 2.75) is 26.6 Å². The molecule has 150 valence electrons.